The molecule has 33 heavy (non-hydrogen) atoms. The minimum atomic E-state index is -3.26. The molecule has 2 aromatic carbocycles. The van der Waals surface area contributed by atoms with Crippen LogP contribution in [0.4, 0.5) is 4.79 Å². The molecule has 10 nitrogen and oxygen atoms in total. The number of carbonyl (C=O) groups excluding carboxylic acids is 1. The van der Waals surface area contributed by atoms with Gasteiger partial charge < -0.3 is 23.9 Å². The number of benzene rings is 2. The molecule has 0 saturated carbocycles. The summed E-state index contributed by atoms with van der Waals surface area (Å²) in [5.74, 6) is 2.02. The van der Waals surface area contributed by atoms with Crippen LogP contribution in [0.3, 0.4) is 0 Å². The van der Waals surface area contributed by atoms with Crippen molar-refractivity contribution in [3.8, 4) is 34.1 Å². The first-order valence-corrected chi connectivity index (χ1v) is 11.8. The number of sulfonamides is 1. The molecular formula is C22H25N3O7S. The number of nitrogens with zero attached hydrogens (tertiary/aromatic N) is 1. The standard InChI is InChI=1S/C22H25N3O7S/c1-23-22(26)31-14-19-25-20(15-4-8-17(29-2)9-5-15)21(32-19)16-6-10-18(11-7-16)30-13-12-24-33(3,27)28/h4-11,24H,12-14H2,1-3H3,(H,23,26). The normalized spacial score (nSPS) is 11.1. The summed E-state index contributed by atoms with van der Waals surface area (Å²) in [5, 5.41) is 2.37. The Morgan fingerprint density at radius 2 is 1.67 bits per heavy atom. The van der Waals surface area contributed by atoms with Gasteiger partial charge in [0.05, 0.1) is 13.4 Å². The molecular weight excluding hydrogens is 450 g/mol. The number of aromatic nitrogens is 1. The molecule has 176 valence electrons. The van der Waals surface area contributed by atoms with Crippen molar-refractivity contribution in [2.24, 2.45) is 0 Å². The molecule has 11 heteroatoms. The number of amides is 1. The van der Waals surface area contributed by atoms with E-state index in [2.05, 4.69) is 15.0 Å². The van der Waals surface area contributed by atoms with Crippen LogP contribution in [0.5, 0.6) is 11.5 Å². The van der Waals surface area contributed by atoms with Crippen molar-refractivity contribution in [3.05, 3.63) is 54.4 Å². The summed E-state index contributed by atoms with van der Waals surface area (Å²) in [6, 6.07) is 14.4. The van der Waals surface area contributed by atoms with E-state index in [4.69, 9.17) is 18.6 Å². The maximum atomic E-state index is 11.4. The van der Waals surface area contributed by atoms with Crippen LogP contribution in [0, 0.1) is 0 Å². The van der Waals surface area contributed by atoms with Crippen LogP contribution in [0.1, 0.15) is 5.89 Å². The second-order valence-corrected chi connectivity index (χ2v) is 8.71. The van der Waals surface area contributed by atoms with E-state index in [1.807, 2.05) is 24.3 Å². The van der Waals surface area contributed by atoms with Gasteiger partial charge in [-0.25, -0.2) is 22.9 Å². The first kappa shape index (κ1) is 24.1. The highest BCUT2D eigenvalue weighted by Gasteiger charge is 2.18. The molecule has 0 fully saturated rings. The van der Waals surface area contributed by atoms with Gasteiger partial charge in [0.2, 0.25) is 15.9 Å². The summed E-state index contributed by atoms with van der Waals surface area (Å²) >= 11 is 0. The highest BCUT2D eigenvalue weighted by molar-refractivity contribution is 7.88. The van der Waals surface area contributed by atoms with E-state index in [0.717, 1.165) is 17.4 Å². The molecule has 0 aliphatic rings. The average Bonchev–Trinajstić information content (AvgIpc) is 3.24. The fourth-order valence-corrected chi connectivity index (χ4v) is 3.32. The number of rotatable bonds is 10. The van der Waals surface area contributed by atoms with E-state index in [1.165, 1.54) is 7.05 Å². The molecule has 0 aliphatic carbocycles. The molecule has 0 atom stereocenters. The van der Waals surface area contributed by atoms with Gasteiger partial charge in [0, 0.05) is 24.7 Å². The average molecular weight is 476 g/mol. The van der Waals surface area contributed by atoms with Crippen molar-refractivity contribution in [3.63, 3.8) is 0 Å². The van der Waals surface area contributed by atoms with Crippen LogP contribution in [-0.4, -0.2) is 53.1 Å². The van der Waals surface area contributed by atoms with Crippen LogP contribution in [0.15, 0.2) is 52.9 Å². The molecule has 0 radical (unpaired) electrons. The lowest BCUT2D eigenvalue weighted by molar-refractivity contribution is 0.131. The Hall–Kier alpha value is -3.57. The number of carbonyl (C=O) groups is 1. The molecule has 0 saturated heterocycles. The molecule has 0 aliphatic heterocycles. The maximum Gasteiger partial charge on any atom is 0.407 e. The monoisotopic (exact) mass is 475 g/mol. The Morgan fingerprint density at radius 3 is 2.27 bits per heavy atom. The number of oxazole rings is 1. The van der Waals surface area contributed by atoms with Gasteiger partial charge in [0.25, 0.3) is 0 Å². The zero-order chi connectivity index (χ0) is 23.8. The summed E-state index contributed by atoms with van der Waals surface area (Å²) in [5.41, 5.74) is 2.12. The van der Waals surface area contributed by atoms with Gasteiger partial charge >= 0.3 is 6.09 Å². The smallest absolute Gasteiger partial charge is 0.407 e. The van der Waals surface area contributed by atoms with Gasteiger partial charge in [-0.15, -0.1) is 0 Å². The minimum Gasteiger partial charge on any atom is -0.497 e. The lowest BCUT2D eigenvalue weighted by Gasteiger charge is -2.08. The van der Waals surface area contributed by atoms with Crippen molar-refractivity contribution in [1.29, 1.82) is 0 Å². The summed E-state index contributed by atoms with van der Waals surface area (Å²) in [6.07, 6.45) is 0.501. The van der Waals surface area contributed by atoms with E-state index < -0.39 is 16.1 Å². The van der Waals surface area contributed by atoms with E-state index in [1.54, 1.807) is 31.4 Å². The number of ether oxygens (including phenoxy) is 3. The Labute approximate surface area is 191 Å². The molecule has 3 aromatic rings. The van der Waals surface area contributed by atoms with E-state index >= 15 is 0 Å². The van der Waals surface area contributed by atoms with Crippen LogP contribution in [0.2, 0.25) is 0 Å². The number of nitrogens with one attached hydrogen (secondary N) is 2. The second kappa shape index (κ2) is 10.8. The summed E-state index contributed by atoms with van der Waals surface area (Å²) in [4.78, 5) is 15.9. The Morgan fingerprint density at radius 1 is 1.03 bits per heavy atom. The molecule has 1 amide bonds. The number of alkyl carbamates (subject to hydrolysis) is 1. The fourth-order valence-electron chi connectivity index (χ4n) is 2.86. The lowest BCUT2D eigenvalue weighted by Crippen LogP contribution is -2.26. The number of hydrogen-bond acceptors (Lipinski definition) is 8. The van der Waals surface area contributed by atoms with Gasteiger partial charge in [-0.3, -0.25) is 0 Å². The lowest BCUT2D eigenvalue weighted by atomic mass is 10.1. The molecule has 2 N–H and O–H groups in total. The van der Waals surface area contributed by atoms with Crippen molar-refractivity contribution in [2.45, 2.75) is 6.61 Å². The molecule has 1 aromatic heterocycles. The van der Waals surface area contributed by atoms with Gasteiger partial charge in [0.1, 0.15) is 23.8 Å². The summed E-state index contributed by atoms with van der Waals surface area (Å²) in [7, 11) is -0.205. The van der Waals surface area contributed by atoms with E-state index in [-0.39, 0.29) is 25.6 Å². The highest BCUT2D eigenvalue weighted by Crippen LogP contribution is 2.34. The maximum absolute atomic E-state index is 11.4. The molecule has 3 rings (SSSR count). The fraction of sp³-hybridized carbons (Fsp3) is 0.273. The Kier molecular flexibility index (Phi) is 7.91. The SMILES string of the molecule is CNC(=O)OCc1nc(-c2ccc(OC)cc2)c(-c2ccc(OCCNS(C)(=O)=O)cc2)o1. The molecule has 0 unspecified atom stereocenters. The first-order valence-electron chi connectivity index (χ1n) is 9.95. The molecule has 1 heterocycles. The number of methoxy groups -OCH3 is 1. The van der Waals surface area contributed by atoms with E-state index in [9.17, 15) is 13.2 Å². The Balaban J connectivity index is 1.81. The third-order valence-corrected chi connectivity index (χ3v) is 5.15. The third-order valence-electron chi connectivity index (χ3n) is 4.42. The predicted octanol–water partition coefficient (Wildman–Crippen LogP) is 2.80. The molecule has 0 spiro atoms. The second-order valence-electron chi connectivity index (χ2n) is 6.88. The first-order chi connectivity index (χ1) is 15.8. The van der Waals surface area contributed by atoms with Crippen molar-refractivity contribution >= 4 is 16.1 Å². The van der Waals surface area contributed by atoms with Crippen LogP contribution in [-0.2, 0) is 21.4 Å². The van der Waals surface area contributed by atoms with Gasteiger partial charge in [-0.2, -0.15) is 0 Å². The summed E-state index contributed by atoms with van der Waals surface area (Å²) < 4.78 is 46.3. The largest absolute Gasteiger partial charge is 0.497 e. The zero-order valence-corrected chi connectivity index (χ0v) is 19.3. The Bertz CT molecular complexity index is 1170. The topological polar surface area (TPSA) is 129 Å². The van der Waals surface area contributed by atoms with Crippen LogP contribution >= 0.6 is 0 Å². The zero-order valence-electron chi connectivity index (χ0n) is 18.5. The van der Waals surface area contributed by atoms with E-state index in [0.29, 0.717) is 23.0 Å². The quantitative estimate of drug-likeness (QED) is 0.428. The van der Waals surface area contributed by atoms with Crippen molar-refractivity contribution < 1.29 is 31.8 Å². The van der Waals surface area contributed by atoms with Crippen LogP contribution < -0.4 is 19.5 Å². The minimum absolute atomic E-state index is 0.128. The summed E-state index contributed by atoms with van der Waals surface area (Å²) in [6.45, 7) is 0.225. The van der Waals surface area contributed by atoms with Gasteiger partial charge in [-0.1, -0.05) is 0 Å². The van der Waals surface area contributed by atoms with Gasteiger partial charge in [0.15, 0.2) is 12.4 Å². The highest BCUT2D eigenvalue weighted by atomic mass is 32.2. The van der Waals surface area contributed by atoms with Crippen LogP contribution in [0.25, 0.3) is 22.6 Å². The van der Waals surface area contributed by atoms with Crippen molar-refractivity contribution in [1.82, 2.24) is 15.0 Å². The third kappa shape index (κ3) is 6.96. The number of hydrogen-bond donors (Lipinski definition) is 2. The molecule has 0 bridgehead atoms. The van der Waals surface area contributed by atoms with Crippen molar-refractivity contribution in [2.75, 3.05) is 33.6 Å². The van der Waals surface area contributed by atoms with Gasteiger partial charge in [-0.05, 0) is 48.5 Å². The predicted molar refractivity (Wildman–Crippen MR) is 122 cm³/mol.